The number of hydrogen-bond donors (Lipinski definition) is 0. The van der Waals surface area contributed by atoms with Crippen LogP contribution in [-0.4, -0.2) is 41.3 Å². The first kappa shape index (κ1) is 18.6. The zero-order valence-corrected chi connectivity index (χ0v) is 15.2. The number of ether oxygens (including phenoxy) is 1. The van der Waals surface area contributed by atoms with Crippen LogP contribution in [-0.2, 0) is 10.9 Å². The summed E-state index contributed by atoms with van der Waals surface area (Å²) in [7, 11) is 0. The molecular weight excluding hydrogens is 361 g/mol. The van der Waals surface area contributed by atoms with Gasteiger partial charge in [-0.15, -0.1) is 0 Å². The lowest BCUT2D eigenvalue weighted by molar-refractivity contribution is -0.137. The molecule has 5 nitrogen and oxygen atoms in total. The fourth-order valence-corrected chi connectivity index (χ4v) is 4.35. The molecule has 1 aromatic carbocycles. The molecule has 0 saturated carbocycles. The van der Waals surface area contributed by atoms with E-state index < -0.39 is 17.5 Å². The van der Waals surface area contributed by atoms with Gasteiger partial charge in [0.25, 0.3) is 0 Å². The Morgan fingerprint density at radius 1 is 1.15 bits per heavy atom. The van der Waals surface area contributed by atoms with Crippen LogP contribution in [0.15, 0.2) is 27.4 Å². The van der Waals surface area contributed by atoms with Crippen molar-refractivity contribution >= 4 is 11.1 Å². The molecule has 1 aromatic heterocycles. The van der Waals surface area contributed by atoms with Crippen molar-refractivity contribution < 1.29 is 22.3 Å². The maximum atomic E-state index is 13.1. The van der Waals surface area contributed by atoms with Gasteiger partial charge in [-0.05, 0) is 50.8 Å². The van der Waals surface area contributed by atoms with Crippen LogP contribution in [0.25, 0.3) is 11.1 Å². The zero-order chi connectivity index (χ0) is 19.2. The van der Waals surface area contributed by atoms with Crippen LogP contribution in [0.3, 0.4) is 0 Å². The number of halogens is 3. The summed E-state index contributed by atoms with van der Waals surface area (Å²) < 4.78 is 51.2. The smallest absolute Gasteiger partial charge is 0.408 e. The number of piperidine rings is 1. The molecule has 0 unspecified atom stereocenters. The minimum atomic E-state index is -4.45. The van der Waals surface area contributed by atoms with Crippen LogP contribution in [0.2, 0.25) is 0 Å². The lowest BCUT2D eigenvalue weighted by Crippen LogP contribution is -2.53. The standard InChI is InChI=1S/C19H23F3N2O3/c1-18(6-10-26-11-7-18)23-8-4-14(5-9-23)24-15-12-13(19(20,21)22)2-3-16(15)27-17(24)25/h2-3,12,14H,4-11H2,1H3. The van der Waals surface area contributed by atoms with Gasteiger partial charge in [-0.2, -0.15) is 13.2 Å². The molecule has 0 spiro atoms. The fraction of sp³-hybridized carbons (Fsp3) is 0.632. The molecule has 4 rings (SSSR count). The molecule has 0 amide bonds. The van der Waals surface area contributed by atoms with Crippen molar-refractivity contribution in [2.24, 2.45) is 0 Å². The molecule has 0 N–H and O–H groups in total. The summed E-state index contributed by atoms with van der Waals surface area (Å²) in [6.45, 7) is 5.36. The van der Waals surface area contributed by atoms with E-state index in [1.807, 2.05) is 0 Å². The van der Waals surface area contributed by atoms with Gasteiger partial charge >= 0.3 is 11.9 Å². The molecule has 148 valence electrons. The van der Waals surface area contributed by atoms with E-state index in [0.29, 0.717) is 12.8 Å². The van der Waals surface area contributed by atoms with Crippen molar-refractivity contribution in [3.8, 4) is 0 Å². The van der Waals surface area contributed by atoms with Crippen molar-refractivity contribution in [2.75, 3.05) is 26.3 Å². The SMILES string of the molecule is CC1(N2CCC(n3c(=O)oc4ccc(C(F)(F)F)cc43)CC2)CCOCC1. The van der Waals surface area contributed by atoms with Crippen LogP contribution in [0.4, 0.5) is 13.2 Å². The van der Waals surface area contributed by atoms with E-state index in [1.54, 1.807) is 0 Å². The highest BCUT2D eigenvalue weighted by molar-refractivity contribution is 5.74. The van der Waals surface area contributed by atoms with Gasteiger partial charge in [0.05, 0.1) is 11.1 Å². The molecule has 0 atom stereocenters. The molecule has 2 aromatic rings. The van der Waals surface area contributed by atoms with Crippen molar-refractivity contribution in [3.63, 3.8) is 0 Å². The first-order valence-electron chi connectivity index (χ1n) is 9.33. The molecule has 0 radical (unpaired) electrons. The van der Waals surface area contributed by atoms with Gasteiger partial charge in [-0.3, -0.25) is 9.47 Å². The zero-order valence-electron chi connectivity index (χ0n) is 15.2. The summed E-state index contributed by atoms with van der Waals surface area (Å²) >= 11 is 0. The molecule has 0 aliphatic carbocycles. The van der Waals surface area contributed by atoms with Crippen LogP contribution in [0.5, 0.6) is 0 Å². The summed E-state index contributed by atoms with van der Waals surface area (Å²) in [6, 6.07) is 3.05. The third kappa shape index (κ3) is 3.40. The van der Waals surface area contributed by atoms with E-state index in [-0.39, 0.29) is 22.7 Å². The van der Waals surface area contributed by atoms with Crippen LogP contribution in [0.1, 0.15) is 44.2 Å². The van der Waals surface area contributed by atoms with Gasteiger partial charge in [-0.25, -0.2) is 4.79 Å². The Kier molecular flexibility index (Phi) is 4.58. The van der Waals surface area contributed by atoms with E-state index in [0.717, 1.165) is 51.3 Å². The van der Waals surface area contributed by atoms with Crippen molar-refractivity contribution in [3.05, 3.63) is 34.3 Å². The Morgan fingerprint density at radius 2 is 1.81 bits per heavy atom. The second kappa shape index (κ2) is 6.67. The monoisotopic (exact) mass is 384 g/mol. The second-order valence-corrected chi connectivity index (χ2v) is 7.75. The Bertz CT molecular complexity index is 872. The van der Waals surface area contributed by atoms with Gasteiger partial charge < -0.3 is 9.15 Å². The van der Waals surface area contributed by atoms with E-state index >= 15 is 0 Å². The molecule has 27 heavy (non-hydrogen) atoms. The number of hydrogen-bond acceptors (Lipinski definition) is 4. The number of likely N-dealkylation sites (tertiary alicyclic amines) is 1. The average Bonchev–Trinajstić information content (AvgIpc) is 2.96. The number of rotatable bonds is 2. The summed E-state index contributed by atoms with van der Waals surface area (Å²) in [5, 5.41) is 0. The lowest BCUT2D eigenvalue weighted by Gasteiger charge is -2.47. The lowest BCUT2D eigenvalue weighted by atomic mass is 9.87. The maximum absolute atomic E-state index is 13.1. The molecule has 2 aliphatic heterocycles. The summed E-state index contributed by atoms with van der Waals surface area (Å²) in [6.07, 6.45) is -1.09. The largest absolute Gasteiger partial charge is 0.420 e. The molecular formula is C19H23F3N2O3. The predicted molar refractivity (Wildman–Crippen MR) is 93.8 cm³/mol. The number of benzene rings is 1. The van der Waals surface area contributed by atoms with Crippen molar-refractivity contribution in [1.29, 1.82) is 0 Å². The Morgan fingerprint density at radius 3 is 2.44 bits per heavy atom. The number of aromatic nitrogens is 1. The molecule has 3 heterocycles. The second-order valence-electron chi connectivity index (χ2n) is 7.75. The number of oxazole rings is 1. The van der Waals surface area contributed by atoms with E-state index in [9.17, 15) is 18.0 Å². The molecule has 2 fully saturated rings. The molecule has 2 saturated heterocycles. The third-order valence-electron chi connectivity index (χ3n) is 6.10. The van der Waals surface area contributed by atoms with Gasteiger partial charge in [0, 0.05) is 37.9 Å². The van der Waals surface area contributed by atoms with Gasteiger partial charge in [-0.1, -0.05) is 0 Å². The van der Waals surface area contributed by atoms with Crippen molar-refractivity contribution in [2.45, 2.75) is 50.4 Å². The predicted octanol–water partition coefficient (Wildman–Crippen LogP) is 3.82. The fourth-order valence-electron chi connectivity index (χ4n) is 4.35. The molecule has 0 bridgehead atoms. The molecule has 8 heteroatoms. The average molecular weight is 384 g/mol. The van der Waals surface area contributed by atoms with E-state index in [4.69, 9.17) is 9.15 Å². The highest BCUT2D eigenvalue weighted by atomic mass is 19.4. The van der Waals surface area contributed by atoms with Crippen LogP contribution in [0, 0.1) is 0 Å². The quantitative estimate of drug-likeness (QED) is 0.790. The minimum Gasteiger partial charge on any atom is -0.408 e. The molecule has 2 aliphatic rings. The number of nitrogens with zero attached hydrogens (tertiary/aromatic N) is 2. The van der Waals surface area contributed by atoms with E-state index in [2.05, 4.69) is 11.8 Å². The summed E-state index contributed by atoms with van der Waals surface area (Å²) in [4.78, 5) is 14.8. The Labute approximate surface area is 154 Å². The number of fused-ring (bicyclic) bond motifs is 1. The normalized spacial score (nSPS) is 22.4. The van der Waals surface area contributed by atoms with Gasteiger partial charge in [0.15, 0.2) is 5.58 Å². The Balaban J connectivity index is 1.58. The topological polar surface area (TPSA) is 47.6 Å². The first-order valence-corrected chi connectivity index (χ1v) is 9.33. The first-order chi connectivity index (χ1) is 12.8. The highest BCUT2D eigenvalue weighted by Gasteiger charge is 2.37. The van der Waals surface area contributed by atoms with Crippen LogP contribution < -0.4 is 5.76 Å². The van der Waals surface area contributed by atoms with Gasteiger partial charge in [0.2, 0.25) is 0 Å². The summed E-state index contributed by atoms with van der Waals surface area (Å²) in [5.74, 6) is -0.583. The van der Waals surface area contributed by atoms with E-state index in [1.165, 1.54) is 10.6 Å². The Hall–Kier alpha value is -1.80. The minimum absolute atomic E-state index is 0.0934. The number of alkyl halides is 3. The van der Waals surface area contributed by atoms with Gasteiger partial charge in [0.1, 0.15) is 0 Å². The maximum Gasteiger partial charge on any atom is 0.420 e. The van der Waals surface area contributed by atoms with Crippen molar-refractivity contribution in [1.82, 2.24) is 9.47 Å². The van der Waals surface area contributed by atoms with Crippen LogP contribution >= 0.6 is 0 Å². The summed E-state index contributed by atoms with van der Waals surface area (Å²) in [5.41, 5.74) is -0.245. The highest BCUT2D eigenvalue weighted by Crippen LogP contribution is 2.35. The third-order valence-corrected chi connectivity index (χ3v) is 6.10.